The number of ether oxygens (including phenoxy) is 1. The van der Waals surface area contributed by atoms with Crippen LogP contribution >= 0.6 is 11.8 Å². The Morgan fingerprint density at radius 3 is 2.47 bits per heavy atom. The minimum absolute atomic E-state index is 0.162. The molecule has 11 heteroatoms. The summed E-state index contributed by atoms with van der Waals surface area (Å²) in [6.07, 6.45) is 1.38. The molecular formula is C32H41F2N5O3S. The molecule has 2 heterocycles. The van der Waals surface area contributed by atoms with Crippen molar-refractivity contribution in [2.45, 2.75) is 76.8 Å². The van der Waals surface area contributed by atoms with E-state index in [4.69, 9.17) is 4.74 Å². The number of amides is 2. The Morgan fingerprint density at radius 1 is 1.12 bits per heavy atom. The van der Waals surface area contributed by atoms with Crippen molar-refractivity contribution in [2.24, 2.45) is 12.5 Å². The lowest BCUT2D eigenvalue weighted by Gasteiger charge is -2.35. The summed E-state index contributed by atoms with van der Waals surface area (Å²) < 4.78 is 33.8. The smallest absolute Gasteiger partial charge is 0.410 e. The second-order valence-corrected chi connectivity index (χ2v) is 13.9. The highest BCUT2D eigenvalue weighted by Crippen LogP contribution is 2.54. The first-order valence-electron chi connectivity index (χ1n) is 14.9. The van der Waals surface area contributed by atoms with Gasteiger partial charge in [-0.3, -0.25) is 14.4 Å². The highest BCUT2D eigenvalue weighted by molar-refractivity contribution is 7.99. The summed E-state index contributed by atoms with van der Waals surface area (Å²) in [5, 5.41) is 8.22. The number of rotatable bonds is 9. The monoisotopic (exact) mass is 613 g/mol. The molecule has 2 fully saturated rings. The van der Waals surface area contributed by atoms with Gasteiger partial charge in [-0.05, 0) is 94.0 Å². The van der Waals surface area contributed by atoms with Gasteiger partial charge in [-0.2, -0.15) is 5.10 Å². The zero-order valence-electron chi connectivity index (χ0n) is 25.6. The lowest BCUT2D eigenvalue weighted by molar-refractivity contribution is 0.00795. The molecule has 1 saturated carbocycles. The second kappa shape index (κ2) is 12.3. The number of benzene rings is 2. The number of aryl methyl sites for hydroxylation is 1. The number of halogens is 2. The first-order valence-corrected chi connectivity index (χ1v) is 15.9. The average Bonchev–Trinajstić information content (AvgIpc) is 3.62. The molecule has 1 aliphatic heterocycles. The lowest BCUT2D eigenvalue weighted by atomic mass is 9.93. The zero-order valence-corrected chi connectivity index (χ0v) is 26.4. The Balaban J connectivity index is 1.40. The summed E-state index contributed by atoms with van der Waals surface area (Å²) in [5.41, 5.74) is 3.00. The van der Waals surface area contributed by atoms with Crippen molar-refractivity contribution >= 4 is 46.0 Å². The number of hydrogen-bond acceptors (Lipinski definition) is 6. The number of thioether (sulfide) groups is 1. The molecule has 0 bridgehead atoms. The number of nitrogens with one attached hydrogen (secondary N) is 1. The lowest BCUT2D eigenvalue weighted by Crippen LogP contribution is -2.39. The minimum atomic E-state index is -2.73. The van der Waals surface area contributed by atoms with Crippen molar-refractivity contribution < 1.29 is 23.1 Å². The third-order valence-electron chi connectivity index (χ3n) is 8.18. The van der Waals surface area contributed by atoms with E-state index < -0.39 is 24.7 Å². The quantitative estimate of drug-likeness (QED) is 0.255. The molecule has 0 unspecified atom stereocenters. The van der Waals surface area contributed by atoms with Crippen molar-refractivity contribution in [1.82, 2.24) is 14.7 Å². The highest BCUT2D eigenvalue weighted by Gasteiger charge is 2.44. The Hall–Kier alpha value is -3.34. The van der Waals surface area contributed by atoms with E-state index in [1.54, 1.807) is 56.4 Å². The van der Waals surface area contributed by atoms with Gasteiger partial charge in [0.2, 0.25) is 0 Å². The van der Waals surface area contributed by atoms with Gasteiger partial charge in [-0.15, -0.1) is 11.8 Å². The van der Waals surface area contributed by atoms with E-state index in [0.29, 0.717) is 27.7 Å². The summed E-state index contributed by atoms with van der Waals surface area (Å²) in [6.45, 7) is 8.12. The van der Waals surface area contributed by atoms with Gasteiger partial charge in [-0.1, -0.05) is 6.92 Å². The van der Waals surface area contributed by atoms with Crippen LogP contribution in [0.25, 0.3) is 10.9 Å². The van der Waals surface area contributed by atoms with Crippen LogP contribution < -0.4 is 10.2 Å². The normalized spacial score (nSPS) is 16.1. The van der Waals surface area contributed by atoms with Gasteiger partial charge in [0, 0.05) is 36.1 Å². The number of piperidine rings is 1. The first kappa shape index (κ1) is 31.1. The van der Waals surface area contributed by atoms with Gasteiger partial charge in [0.25, 0.3) is 12.3 Å². The van der Waals surface area contributed by atoms with Crippen LogP contribution in [0.1, 0.15) is 69.4 Å². The van der Waals surface area contributed by atoms with Gasteiger partial charge < -0.3 is 15.0 Å². The number of hydrogen-bond donors (Lipinski definition) is 1. The maximum Gasteiger partial charge on any atom is 0.410 e. The molecule has 2 amide bonds. The molecule has 3 aromatic rings. The maximum atomic E-state index is 13.7. The first-order chi connectivity index (χ1) is 20.4. The Bertz CT molecular complexity index is 1490. The van der Waals surface area contributed by atoms with Gasteiger partial charge in [0.15, 0.2) is 0 Å². The summed E-state index contributed by atoms with van der Waals surface area (Å²) in [6, 6.07) is 11.4. The molecule has 1 N–H and O–H groups in total. The van der Waals surface area contributed by atoms with E-state index in [-0.39, 0.29) is 12.5 Å². The third-order valence-corrected chi connectivity index (χ3v) is 9.06. The van der Waals surface area contributed by atoms with E-state index in [0.717, 1.165) is 52.7 Å². The molecule has 1 aliphatic carbocycles. The van der Waals surface area contributed by atoms with Crippen molar-refractivity contribution in [3.63, 3.8) is 0 Å². The molecule has 0 radical (unpaired) electrons. The largest absolute Gasteiger partial charge is 0.444 e. The SMILES string of the molecule is CCSc1ccc(C(=O)Nc2ccc3c(c2)c(CN(CC(F)F)C(=O)OC(C)(C)C)nn3C)c(N2CCC3(CC2)CC3)c1. The number of carbonyl (C=O) groups excluding carboxylic acids is 2. The van der Waals surface area contributed by atoms with Gasteiger partial charge in [0.05, 0.1) is 35.6 Å². The summed E-state index contributed by atoms with van der Waals surface area (Å²) in [7, 11) is 1.75. The molecule has 1 aromatic heterocycles. The van der Waals surface area contributed by atoms with Gasteiger partial charge in [0.1, 0.15) is 5.60 Å². The van der Waals surface area contributed by atoms with Crippen LogP contribution in [0.5, 0.6) is 0 Å². The van der Waals surface area contributed by atoms with E-state index in [2.05, 4.69) is 28.3 Å². The van der Waals surface area contributed by atoms with Crippen LogP contribution in [0.15, 0.2) is 41.3 Å². The fourth-order valence-corrected chi connectivity index (χ4v) is 6.42. The molecule has 8 nitrogen and oxygen atoms in total. The number of anilines is 2. The number of carbonyl (C=O) groups is 2. The molecule has 232 valence electrons. The van der Waals surface area contributed by atoms with Crippen LogP contribution in [0, 0.1) is 5.41 Å². The summed E-state index contributed by atoms with van der Waals surface area (Å²) in [5.74, 6) is 0.733. The number of aromatic nitrogens is 2. The molecular weight excluding hydrogens is 572 g/mol. The van der Waals surface area contributed by atoms with Crippen LogP contribution in [0.4, 0.5) is 25.0 Å². The number of alkyl halides is 2. The van der Waals surface area contributed by atoms with Gasteiger partial charge >= 0.3 is 6.09 Å². The molecule has 5 rings (SSSR count). The summed E-state index contributed by atoms with van der Waals surface area (Å²) >= 11 is 1.76. The minimum Gasteiger partial charge on any atom is -0.444 e. The van der Waals surface area contributed by atoms with Gasteiger partial charge in [-0.25, -0.2) is 13.6 Å². The highest BCUT2D eigenvalue weighted by atomic mass is 32.2. The van der Waals surface area contributed by atoms with Crippen molar-refractivity contribution in [1.29, 1.82) is 0 Å². The van der Waals surface area contributed by atoms with Crippen LogP contribution in [0.3, 0.4) is 0 Å². The number of nitrogens with zero attached hydrogens (tertiary/aromatic N) is 4. The molecule has 43 heavy (non-hydrogen) atoms. The number of fused-ring (bicyclic) bond motifs is 1. The van der Waals surface area contributed by atoms with E-state index in [1.807, 2.05) is 18.2 Å². The van der Waals surface area contributed by atoms with E-state index in [9.17, 15) is 18.4 Å². The Morgan fingerprint density at radius 2 is 1.84 bits per heavy atom. The molecule has 0 atom stereocenters. The molecule has 2 aromatic carbocycles. The van der Waals surface area contributed by atoms with Crippen LogP contribution in [0.2, 0.25) is 0 Å². The third kappa shape index (κ3) is 7.42. The second-order valence-electron chi connectivity index (χ2n) is 12.6. The summed E-state index contributed by atoms with van der Waals surface area (Å²) in [4.78, 5) is 30.9. The van der Waals surface area contributed by atoms with Crippen molar-refractivity contribution in [2.75, 3.05) is 35.6 Å². The van der Waals surface area contributed by atoms with Crippen molar-refractivity contribution in [3.05, 3.63) is 47.7 Å². The fraction of sp³-hybridized carbons (Fsp3) is 0.531. The Kier molecular flexibility index (Phi) is 8.92. The molecule has 2 aliphatic rings. The zero-order chi connectivity index (χ0) is 30.9. The van der Waals surface area contributed by atoms with Crippen LogP contribution in [-0.2, 0) is 18.3 Å². The maximum absolute atomic E-state index is 13.7. The predicted molar refractivity (Wildman–Crippen MR) is 167 cm³/mol. The van der Waals surface area contributed by atoms with E-state index >= 15 is 0 Å². The fourth-order valence-electron chi connectivity index (χ4n) is 5.73. The topological polar surface area (TPSA) is 79.7 Å². The predicted octanol–water partition coefficient (Wildman–Crippen LogP) is 7.32. The average molecular weight is 614 g/mol. The molecule has 1 spiro atoms. The van der Waals surface area contributed by atoms with E-state index in [1.165, 1.54) is 12.8 Å². The Labute approximate surface area is 256 Å². The van der Waals surface area contributed by atoms with Crippen molar-refractivity contribution in [3.8, 4) is 0 Å². The standard InChI is InChI=1S/C32H41F2N5O3S/c1-6-43-22-8-9-23(27(18-22)38-15-13-32(11-12-32)14-16-38)29(40)35-21-7-10-26-24(17-21)25(36-37(26)5)19-39(20-28(33)34)30(41)42-31(2,3)4/h7-10,17-18,28H,6,11-16,19-20H2,1-5H3,(H,35,40). The molecule has 1 saturated heterocycles. The van der Waals surface area contributed by atoms with Crippen LogP contribution in [-0.4, -0.2) is 64.1 Å².